The molecule has 0 spiro atoms. The van der Waals surface area contributed by atoms with E-state index in [-0.39, 0.29) is 0 Å². The van der Waals surface area contributed by atoms with Crippen LogP contribution in [0.2, 0.25) is 0 Å². The Morgan fingerprint density at radius 2 is 1.07 bits per heavy atom. The number of halogens is 1. The number of hydrogen-bond donors (Lipinski definition) is 0. The smallest absolute Gasteiger partial charge is 0.0259 e. The van der Waals surface area contributed by atoms with Gasteiger partial charge in [0.2, 0.25) is 0 Å². The number of rotatable bonds is 3. The van der Waals surface area contributed by atoms with E-state index in [0.717, 1.165) is 4.47 Å². The molecular weight excluding hydrogens is 416 g/mol. The van der Waals surface area contributed by atoms with E-state index in [1.54, 1.807) is 0 Å². The van der Waals surface area contributed by atoms with E-state index in [1.165, 1.54) is 44.2 Å². The highest BCUT2D eigenvalue weighted by Crippen LogP contribution is 2.38. The molecule has 0 bridgehead atoms. The van der Waals surface area contributed by atoms with Gasteiger partial charge in [0.15, 0.2) is 0 Å². The summed E-state index contributed by atoms with van der Waals surface area (Å²) < 4.78 is 1.11. The lowest BCUT2D eigenvalue weighted by molar-refractivity contribution is 1.55. The Kier molecular flexibility index (Phi) is 4.75. The fourth-order valence-electron chi connectivity index (χ4n) is 3.87. The number of benzene rings is 5. The first-order chi connectivity index (χ1) is 14.3. The van der Waals surface area contributed by atoms with Crippen LogP contribution in [-0.2, 0) is 0 Å². The predicted octanol–water partition coefficient (Wildman–Crippen LogP) is 8.60. The lowest BCUT2D eigenvalue weighted by Gasteiger charge is -2.13. The summed E-state index contributed by atoms with van der Waals surface area (Å²) in [6, 6.07) is 41.0. The van der Waals surface area contributed by atoms with Gasteiger partial charge in [0.05, 0.1) is 0 Å². The highest BCUT2D eigenvalue weighted by molar-refractivity contribution is 9.10. The molecule has 0 aromatic heterocycles. The second-order valence-electron chi connectivity index (χ2n) is 7.17. The molecule has 0 aliphatic heterocycles. The van der Waals surface area contributed by atoms with E-state index in [2.05, 4.69) is 131 Å². The SMILES string of the molecule is Brc1cccc(-c2ccc(-c3ccc4ccccc4c3)cc2)c1-c1ccccc1. The van der Waals surface area contributed by atoms with Crippen LogP contribution in [-0.4, -0.2) is 0 Å². The van der Waals surface area contributed by atoms with Crippen LogP contribution in [0.5, 0.6) is 0 Å². The van der Waals surface area contributed by atoms with Gasteiger partial charge in [0.25, 0.3) is 0 Å². The molecule has 0 saturated carbocycles. The van der Waals surface area contributed by atoms with E-state index in [0.29, 0.717) is 0 Å². The van der Waals surface area contributed by atoms with Crippen molar-refractivity contribution in [2.75, 3.05) is 0 Å². The monoisotopic (exact) mass is 434 g/mol. The van der Waals surface area contributed by atoms with Gasteiger partial charge in [0.1, 0.15) is 0 Å². The van der Waals surface area contributed by atoms with Crippen molar-refractivity contribution < 1.29 is 0 Å². The Balaban J connectivity index is 1.56. The van der Waals surface area contributed by atoms with Gasteiger partial charge in [-0.1, -0.05) is 119 Å². The molecule has 0 radical (unpaired) electrons. The molecule has 0 saturated heterocycles. The van der Waals surface area contributed by atoms with E-state index in [4.69, 9.17) is 0 Å². The van der Waals surface area contributed by atoms with Gasteiger partial charge in [-0.05, 0) is 50.7 Å². The molecule has 138 valence electrons. The average molecular weight is 435 g/mol. The van der Waals surface area contributed by atoms with E-state index in [9.17, 15) is 0 Å². The van der Waals surface area contributed by atoms with Crippen LogP contribution in [0.25, 0.3) is 44.2 Å². The molecule has 29 heavy (non-hydrogen) atoms. The fourth-order valence-corrected chi connectivity index (χ4v) is 4.47. The molecule has 1 heteroatoms. The summed E-state index contributed by atoms with van der Waals surface area (Å²) in [6.45, 7) is 0. The zero-order chi connectivity index (χ0) is 19.6. The summed E-state index contributed by atoms with van der Waals surface area (Å²) in [5.74, 6) is 0. The predicted molar refractivity (Wildman–Crippen MR) is 128 cm³/mol. The highest BCUT2D eigenvalue weighted by atomic mass is 79.9. The number of hydrogen-bond acceptors (Lipinski definition) is 0. The normalized spacial score (nSPS) is 10.9. The molecule has 0 atom stereocenters. The molecule has 5 rings (SSSR count). The van der Waals surface area contributed by atoms with Crippen molar-refractivity contribution in [1.82, 2.24) is 0 Å². The Hall–Kier alpha value is -3.16. The zero-order valence-corrected chi connectivity index (χ0v) is 17.4. The van der Waals surface area contributed by atoms with Gasteiger partial charge < -0.3 is 0 Å². The van der Waals surface area contributed by atoms with E-state index < -0.39 is 0 Å². The van der Waals surface area contributed by atoms with Gasteiger partial charge in [-0.2, -0.15) is 0 Å². The maximum Gasteiger partial charge on any atom is 0.0259 e. The second-order valence-corrected chi connectivity index (χ2v) is 8.02. The minimum Gasteiger partial charge on any atom is -0.0622 e. The molecule has 0 heterocycles. The Labute approximate surface area is 179 Å². The van der Waals surface area contributed by atoms with Gasteiger partial charge >= 0.3 is 0 Å². The minimum absolute atomic E-state index is 1.11. The third-order valence-corrected chi connectivity index (χ3v) is 6.02. The van der Waals surface area contributed by atoms with Crippen LogP contribution in [0.15, 0.2) is 120 Å². The van der Waals surface area contributed by atoms with Crippen molar-refractivity contribution in [3.63, 3.8) is 0 Å². The maximum atomic E-state index is 3.76. The van der Waals surface area contributed by atoms with Crippen molar-refractivity contribution in [2.45, 2.75) is 0 Å². The van der Waals surface area contributed by atoms with Gasteiger partial charge in [-0.25, -0.2) is 0 Å². The molecule has 5 aromatic carbocycles. The van der Waals surface area contributed by atoms with Crippen LogP contribution >= 0.6 is 15.9 Å². The Morgan fingerprint density at radius 1 is 0.414 bits per heavy atom. The molecule has 0 nitrogen and oxygen atoms in total. The largest absolute Gasteiger partial charge is 0.0622 e. The molecule has 5 aromatic rings. The summed E-state index contributed by atoms with van der Waals surface area (Å²) >= 11 is 3.76. The molecule has 0 fully saturated rings. The second kappa shape index (κ2) is 7.69. The van der Waals surface area contributed by atoms with Crippen LogP contribution in [0, 0.1) is 0 Å². The van der Waals surface area contributed by atoms with Crippen LogP contribution < -0.4 is 0 Å². The van der Waals surface area contributed by atoms with Crippen molar-refractivity contribution >= 4 is 26.7 Å². The van der Waals surface area contributed by atoms with Crippen LogP contribution in [0.4, 0.5) is 0 Å². The summed E-state index contributed by atoms with van der Waals surface area (Å²) in [7, 11) is 0. The maximum absolute atomic E-state index is 3.76. The van der Waals surface area contributed by atoms with Crippen LogP contribution in [0.3, 0.4) is 0 Å². The van der Waals surface area contributed by atoms with Crippen molar-refractivity contribution in [3.8, 4) is 33.4 Å². The molecule has 0 aliphatic rings. The van der Waals surface area contributed by atoms with Gasteiger partial charge in [0, 0.05) is 10.0 Å². The third-order valence-electron chi connectivity index (χ3n) is 5.35. The van der Waals surface area contributed by atoms with Gasteiger partial charge in [-0.3, -0.25) is 0 Å². The van der Waals surface area contributed by atoms with E-state index >= 15 is 0 Å². The standard InChI is InChI=1S/C28H19Br/c29-27-12-6-11-26(28(27)23-8-2-1-3-9-23)22-16-13-21(14-17-22)25-18-15-20-7-4-5-10-24(20)19-25/h1-19H. The molecule has 0 unspecified atom stereocenters. The molecular formula is C28H19Br. The third kappa shape index (κ3) is 3.50. The van der Waals surface area contributed by atoms with Crippen LogP contribution in [0.1, 0.15) is 0 Å². The van der Waals surface area contributed by atoms with Gasteiger partial charge in [-0.15, -0.1) is 0 Å². The summed E-state index contributed by atoms with van der Waals surface area (Å²) in [4.78, 5) is 0. The first-order valence-corrected chi connectivity index (χ1v) is 10.5. The van der Waals surface area contributed by atoms with Crippen molar-refractivity contribution in [1.29, 1.82) is 0 Å². The zero-order valence-electron chi connectivity index (χ0n) is 15.8. The molecule has 0 N–H and O–H groups in total. The number of fused-ring (bicyclic) bond motifs is 1. The molecule has 0 amide bonds. The average Bonchev–Trinajstić information content (AvgIpc) is 2.79. The first kappa shape index (κ1) is 17.9. The van der Waals surface area contributed by atoms with Crippen molar-refractivity contribution in [2.24, 2.45) is 0 Å². The topological polar surface area (TPSA) is 0 Å². The molecule has 0 aliphatic carbocycles. The van der Waals surface area contributed by atoms with Crippen molar-refractivity contribution in [3.05, 3.63) is 120 Å². The summed E-state index contributed by atoms with van der Waals surface area (Å²) in [5, 5.41) is 2.54. The Morgan fingerprint density at radius 3 is 1.86 bits per heavy atom. The lowest BCUT2D eigenvalue weighted by Crippen LogP contribution is -1.87. The lowest BCUT2D eigenvalue weighted by atomic mass is 9.93. The summed E-state index contributed by atoms with van der Waals surface area (Å²) in [6.07, 6.45) is 0. The highest BCUT2D eigenvalue weighted by Gasteiger charge is 2.11. The quantitative estimate of drug-likeness (QED) is 0.266. The first-order valence-electron chi connectivity index (χ1n) is 9.73. The fraction of sp³-hybridized carbons (Fsp3) is 0. The Bertz CT molecular complexity index is 1290. The minimum atomic E-state index is 1.11. The summed E-state index contributed by atoms with van der Waals surface area (Å²) in [5.41, 5.74) is 7.37. The van der Waals surface area contributed by atoms with E-state index in [1.807, 2.05) is 0 Å².